The molecule has 5 heteroatoms. The molecule has 0 fully saturated rings. The summed E-state index contributed by atoms with van der Waals surface area (Å²) in [5, 5.41) is 1.18. The predicted molar refractivity (Wildman–Crippen MR) is 74.2 cm³/mol. The lowest BCUT2D eigenvalue weighted by Gasteiger charge is -2.02. The first-order chi connectivity index (χ1) is 8.51. The molecule has 2 rings (SSSR count). The number of aromatic amines is 1. The summed E-state index contributed by atoms with van der Waals surface area (Å²) in [6.07, 6.45) is 4.82. The van der Waals surface area contributed by atoms with Gasteiger partial charge < -0.3 is 4.98 Å². The molecule has 18 heavy (non-hydrogen) atoms. The van der Waals surface area contributed by atoms with Gasteiger partial charge in [-0.2, -0.15) is 0 Å². The molecule has 98 valence electrons. The molecular formula is C13H18N2O2S. The van der Waals surface area contributed by atoms with Gasteiger partial charge in [-0.05, 0) is 24.0 Å². The molecule has 0 amide bonds. The highest BCUT2D eigenvalue weighted by Crippen LogP contribution is 2.22. The molecule has 0 bridgehead atoms. The summed E-state index contributed by atoms with van der Waals surface area (Å²) < 4.78 is 24.5. The summed E-state index contributed by atoms with van der Waals surface area (Å²) in [6.45, 7) is 2.56. The Morgan fingerprint density at radius 1 is 1.28 bits per heavy atom. The van der Waals surface area contributed by atoms with E-state index in [1.54, 1.807) is 0 Å². The summed E-state index contributed by atoms with van der Waals surface area (Å²) in [7, 11) is -3.10. The van der Waals surface area contributed by atoms with E-state index in [0.717, 1.165) is 17.5 Å². The molecule has 1 aromatic heterocycles. The van der Waals surface area contributed by atoms with Crippen LogP contribution in [0.3, 0.4) is 0 Å². The monoisotopic (exact) mass is 266 g/mol. The highest BCUT2D eigenvalue weighted by atomic mass is 32.2. The molecular weight excluding hydrogens is 248 g/mol. The second-order valence-electron chi connectivity index (χ2n) is 4.42. The Balaban J connectivity index is 2.20. The van der Waals surface area contributed by atoms with E-state index in [9.17, 15) is 8.42 Å². The average Bonchev–Trinajstić information content (AvgIpc) is 2.71. The standard InChI is InChI=1S/C13H18N2O2S/c1-3-10-5-4-6-12-11(9-14-13(10)12)7-8-15-18(2,16)17/h4-6,9,14-15H,3,7-8H2,1-2H3. The molecule has 1 aromatic carbocycles. The zero-order chi connectivity index (χ0) is 13.2. The Morgan fingerprint density at radius 3 is 2.72 bits per heavy atom. The van der Waals surface area contributed by atoms with Crippen LogP contribution in [0.1, 0.15) is 18.1 Å². The highest BCUT2D eigenvalue weighted by Gasteiger charge is 2.07. The molecule has 0 atom stereocenters. The van der Waals surface area contributed by atoms with E-state index in [0.29, 0.717) is 13.0 Å². The van der Waals surface area contributed by atoms with Crippen LogP contribution in [0.5, 0.6) is 0 Å². The van der Waals surface area contributed by atoms with E-state index in [4.69, 9.17) is 0 Å². The van der Waals surface area contributed by atoms with E-state index < -0.39 is 10.0 Å². The van der Waals surface area contributed by atoms with Gasteiger partial charge in [-0.1, -0.05) is 25.1 Å². The minimum absolute atomic E-state index is 0.433. The van der Waals surface area contributed by atoms with Gasteiger partial charge in [0.15, 0.2) is 0 Å². The van der Waals surface area contributed by atoms with Gasteiger partial charge >= 0.3 is 0 Å². The Bertz CT molecular complexity index is 644. The minimum Gasteiger partial charge on any atom is -0.361 e. The van der Waals surface area contributed by atoms with Crippen LogP contribution in [0.4, 0.5) is 0 Å². The van der Waals surface area contributed by atoms with E-state index in [2.05, 4.69) is 28.8 Å². The van der Waals surface area contributed by atoms with E-state index in [1.807, 2.05) is 12.3 Å². The molecule has 0 saturated carbocycles. The number of para-hydroxylation sites is 1. The molecule has 1 heterocycles. The van der Waals surface area contributed by atoms with Gasteiger partial charge in [0, 0.05) is 23.6 Å². The van der Waals surface area contributed by atoms with Crippen LogP contribution in [0.2, 0.25) is 0 Å². The summed E-state index contributed by atoms with van der Waals surface area (Å²) in [6, 6.07) is 6.22. The van der Waals surface area contributed by atoms with Crippen LogP contribution in [-0.2, 0) is 22.9 Å². The van der Waals surface area contributed by atoms with Crippen molar-refractivity contribution >= 4 is 20.9 Å². The molecule has 0 aliphatic carbocycles. The topological polar surface area (TPSA) is 62.0 Å². The molecule has 0 aliphatic rings. The largest absolute Gasteiger partial charge is 0.361 e. The van der Waals surface area contributed by atoms with Gasteiger partial charge in [-0.3, -0.25) is 0 Å². The van der Waals surface area contributed by atoms with Gasteiger partial charge in [0.25, 0.3) is 0 Å². The van der Waals surface area contributed by atoms with Gasteiger partial charge in [-0.25, -0.2) is 13.1 Å². The Labute approximate surface area is 107 Å². The molecule has 0 saturated heterocycles. The van der Waals surface area contributed by atoms with Gasteiger partial charge in [-0.15, -0.1) is 0 Å². The van der Waals surface area contributed by atoms with Crippen LogP contribution in [-0.4, -0.2) is 26.2 Å². The number of nitrogens with one attached hydrogen (secondary N) is 2. The third-order valence-corrected chi connectivity index (χ3v) is 3.76. The Morgan fingerprint density at radius 2 is 2.06 bits per heavy atom. The number of rotatable bonds is 5. The SMILES string of the molecule is CCc1cccc2c(CCNS(C)(=O)=O)c[nH]c12. The lowest BCUT2D eigenvalue weighted by atomic mass is 10.1. The summed E-state index contributed by atoms with van der Waals surface area (Å²) in [4.78, 5) is 3.28. The molecule has 4 nitrogen and oxygen atoms in total. The van der Waals surface area contributed by atoms with Crippen LogP contribution < -0.4 is 4.72 Å². The first-order valence-corrected chi connectivity index (χ1v) is 7.93. The molecule has 0 spiro atoms. The number of hydrogen-bond donors (Lipinski definition) is 2. The van der Waals surface area contributed by atoms with E-state index in [1.165, 1.54) is 17.2 Å². The maximum atomic E-state index is 11.0. The van der Waals surface area contributed by atoms with Crippen molar-refractivity contribution < 1.29 is 8.42 Å². The minimum atomic E-state index is -3.10. The number of aryl methyl sites for hydroxylation is 1. The maximum Gasteiger partial charge on any atom is 0.208 e. The fourth-order valence-electron chi connectivity index (χ4n) is 2.15. The average molecular weight is 266 g/mol. The van der Waals surface area contributed by atoms with Gasteiger partial charge in [0.1, 0.15) is 0 Å². The van der Waals surface area contributed by atoms with Gasteiger partial charge in [0.2, 0.25) is 10.0 Å². The van der Waals surface area contributed by atoms with E-state index >= 15 is 0 Å². The van der Waals surface area contributed by atoms with Crippen LogP contribution in [0, 0.1) is 0 Å². The smallest absolute Gasteiger partial charge is 0.208 e. The first kappa shape index (κ1) is 13.1. The fourth-order valence-corrected chi connectivity index (χ4v) is 2.62. The normalized spacial score (nSPS) is 12.1. The first-order valence-electron chi connectivity index (χ1n) is 6.03. The van der Waals surface area contributed by atoms with Crippen molar-refractivity contribution in [3.8, 4) is 0 Å². The zero-order valence-corrected chi connectivity index (χ0v) is 11.5. The third kappa shape index (κ3) is 2.91. The molecule has 2 aromatic rings. The summed E-state index contributed by atoms with van der Waals surface area (Å²) in [5.41, 5.74) is 3.60. The van der Waals surface area contributed by atoms with Crippen LogP contribution in [0.15, 0.2) is 24.4 Å². The van der Waals surface area contributed by atoms with Crippen molar-refractivity contribution in [2.45, 2.75) is 19.8 Å². The van der Waals surface area contributed by atoms with Gasteiger partial charge in [0.05, 0.1) is 6.26 Å². The van der Waals surface area contributed by atoms with Crippen molar-refractivity contribution in [1.29, 1.82) is 0 Å². The number of hydrogen-bond acceptors (Lipinski definition) is 2. The van der Waals surface area contributed by atoms with Crippen LogP contribution in [0.25, 0.3) is 10.9 Å². The lowest BCUT2D eigenvalue weighted by Crippen LogP contribution is -2.24. The summed E-state index contributed by atoms with van der Waals surface area (Å²) in [5.74, 6) is 0. The fraction of sp³-hybridized carbons (Fsp3) is 0.385. The Kier molecular flexibility index (Phi) is 3.73. The van der Waals surface area contributed by atoms with Crippen molar-refractivity contribution in [2.24, 2.45) is 0 Å². The number of H-pyrrole nitrogens is 1. The number of aromatic nitrogens is 1. The predicted octanol–water partition coefficient (Wildman–Crippen LogP) is 1.82. The molecule has 2 N–H and O–H groups in total. The van der Waals surface area contributed by atoms with Crippen LogP contribution >= 0.6 is 0 Å². The second-order valence-corrected chi connectivity index (χ2v) is 6.26. The quantitative estimate of drug-likeness (QED) is 0.867. The second kappa shape index (κ2) is 5.12. The molecule has 0 unspecified atom stereocenters. The van der Waals surface area contributed by atoms with Crippen molar-refractivity contribution in [3.63, 3.8) is 0 Å². The summed E-state index contributed by atoms with van der Waals surface area (Å²) >= 11 is 0. The third-order valence-electron chi connectivity index (χ3n) is 3.03. The molecule has 0 radical (unpaired) electrons. The Hall–Kier alpha value is -1.33. The van der Waals surface area contributed by atoms with Crippen molar-refractivity contribution in [3.05, 3.63) is 35.5 Å². The highest BCUT2D eigenvalue weighted by molar-refractivity contribution is 7.88. The van der Waals surface area contributed by atoms with Crippen molar-refractivity contribution in [2.75, 3.05) is 12.8 Å². The lowest BCUT2D eigenvalue weighted by molar-refractivity contribution is 0.588. The maximum absolute atomic E-state index is 11.0. The van der Waals surface area contributed by atoms with E-state index in [-0.39, 0.29) is 0 Å². The zero-order valence-electron chi connectivity index (χ0n) is 10.7. The number of sulfonamides is 1. The number of benzene rings is 1. The van der Waals surface area contributed by atoms with Crippen molar-refractivity contribution in [1.82, 2.24) is 9.71 Å². The molecule has 0 aliphatic heterocycles. The number of fused-ring (bicyclic) bond motifs is 1.